The molecular weight excluding hydrogens is 380 g/mol. The Hall–Kier alpha value is -2.54. The molecule has 0 fully saturated rings. The van der Waals surface area contributed by atoms with Crippen molar-refractivity contribution in [1.82, 2.24) is 15.1 Å². The molecule has 0 aliphatic heterocycles. The first kappa shape index (κ1) is 16.3. The molecule has 3 rings (SSSR count). The van der Waals surface area contributed by atoms with Crippen LogP contribution >= 0.6 is 15.9 Å². The van der Waals surface area contributed by atoms with Crippen LogP contribution in [-0.4, -0.2) is 15.7 Å². The molecule has 1 heterocycles. The van der Waals surface area contributed by atoms with Crippen molar-refractivity contribution in [2.24, 2.45) is 0 Å². The molecule has 7 heteroatoms. The lowest BCUT2D eigenvalue weighted by atomic mass is 10.2. The summed E-state index contributed by atoms with van der Waals surface area (Å²) >= 11 is 3.35. The summed E-state index contributed by atoms with van der Waals surface area (Å²) in [5.41, 5.74) is 1.51. The summed E-state index contributed by atoms with van der Waals surface area (Å²) in [5, 5.41) is 6.75. The lowest BCUT2D eigenvalue weighted by molar-refractivity contribution is 0.0950. The Balaban J connectivity index is 1.68. The van der Waals surface area contributed by atoms with Crippen LogP contribution in [0.5, 0.6) is 0 Å². The van der Waals surface area contributed by atoms with Gasteiger partial charge >= 0.3 is 0 Å². The third-order valence-corrected chi connectivity index (χ3v) is 3.84. The zero-order valence-electron chi connectivity index (χ0n) is 12.3. The number of nitrogens with zero attached hydrogens (tertiary/aromatic N) is 2. The molecule has 0 radical (unpaired) electrons. The van der Waals surface area contributed by atoms with Crippen molar-refractivity contribution in [3.8, 4) is 5.69 Å². The van der Waals surface area contributed by atoms with Crippen LogP contribution in [0.25, 0.3) is 5.69 Å². The van der Waals surface area contributed by atoms with E-state index in [0.717, 1.165) is 16.2 Å². The molecular formula is C17H12BrF2N3O. The fraction of sp³-hybridized carbons (Fsp3) is 0.0588. The summed E-state index contributed by atoms with van der Waals surface area (Å²) in [6, 6.07) is 10.6. The van der Waals surface area contributed by atoms with Crippen LogP contribution in [0.4, 0.5) is 8.78 Å². The molecule has 1 aromatic heterocycles. The van der Waals surface area contributed by atoms with Crippen LogP contribution < -0.4 is 5.32 Å². The molecule has 2 aromatic carbocycles. The molecule has 0 aliphatic rings. The van der Waals surface area contributed by atoms with E-state index in [2.05, 4.69) is 26.3 Å². The van der Waals surface area contributed by atoms with E-state index in [1.54, 1.807) is 10.9 Å². The van der Waals surface area contributed by atoms with Gasteiger partial charge in [-0.15, -0.1) is 0 Å². The largest absolute Gasteiger partial charge is 0.348 e. The molecule has 0 saturated carbocycles. The third-order valence-electron chi connectivity index (χ3n) is 3.31. The smallest absolute Gasteiger partial charge is 0.254 e. The van der Waals surface area contributed by atoms with Gasteiger partial charge in [0.25, 0.3) is 5.91 Å². The molecule has 0 aliphatic carbocycles. The van der Waals surface area contributed by atoms with Crippen molar-refractivity contribution in [3.05, 3.63) is 82.1 Å². The Labute approximate surface area is 145 Å². The number of hydrogen-bond acceptors (Lipinski definition) is 2. The second kappa shape index (κ2) is 6.92. The summed E-state index contributed by atoms with van der Waals surface area (Å²) in [6.07, 6.45) is 3.02. The average molecular weight is 392 g/mol. The first-order chi connectivity index (χ1) is 11.5. The highest BCUT2D eigenvalue weighted by molar-refractivity contribution is 9.10. The number of carbonyl (C=O) groups is 1. The van der Waals surface area contributed by atoms with Gasteiger partial charge in [0, 0.05) is 23.3 Å². The molecule has 1 amide bonds. The zero-order valence-corrected chi connectivity index (χ0v) is 13.9. The predicted molar refractivity (Wildman–Crippen MR) is 88.8 cm³/mol. The predicted octanol–water partition coefficient (Wildman–Crippen LogP) is 3.84. The molecule has 0 unspecified atom stereocenters. The maximum Gasteiger partial charge on any atom is 0.254 e. The summed E-state index contributed by atoms with van der Waals surface area (Å²) in [6.45, 7) is 0.0248. The minimum absolute atomic E-state index is 0.0248. The van der Waals surface area contributed by atoms with Gasteiger partial charge in [0.05, 0.1) is 17.4 Å². The lowest BCUT2D eigenvalue weighted by Gasteiger charge is -2.04. The van der Waals surface area contributed by atoms with Gasteiger partial charge in [0.15, 0.2) is 0 Å². The molecule has 0 spiro atoms. The maximum absolute atomic E-state index is 13.1. The van der Waals surface area contributed by atoms with E-state index in [1.165, 1.54) is 18.3 Å². The van der Waals surface area contributed by atoms with Crippen LogP contribution in [0.15, 0.2) is 59.3 Å². The number of nitrogens with one attached hydrogen (secondary N) is 1. The average Bonchev–Trinajstić information content (AvgIpc) is 3.02. The van der Waals surface area contributed by atoms with Crippen molar-refractivity contribution in [3.63, 3.8) is 0 Å². The highest BCUT2D eigenvalue weighted by Crippen LogP contribution is 2.14. The van der Waals surface area contributed by atoms with Crippen molar-refractivity contribution < 1.29 is 13.6 Å². The van der Waals surface area contributed by atoms with Gasteiger partial charge in [-0.05, 0) is 42.0 Å². The quantitative estimate of drug-likeness (QED) is 0.734. The number of benzene rings is 2. The SMILES string of the molecule is O=C(NCc1cc(F)cc(F)c1)c1cnn(-c2ccc(Br)cc2)c1. The highest BCUT2D eigenvalue weighted by Gasteiger charge is 2.10. The molecule has 24 heavy (non-hydrogen) atoms. The standard InChI is InChI=1S/C17H12BrF2N3O/c18-13-1-3-16(4-2-13)23-10-12(9-22-23)17(24)21-8-11-5-14(19)7-15(20)6-11/h1-7,9-10H,8H2,(H,21,24). The Kier molecular flexibility index (Phi) is 4.71. The van der Waals surface area contributed by atoms with E-state index in [4.69, 9.17) is 0 Å². The zero-order chi connectivity index (χ0) is 17.1. The van der Waals surface area contributed by atoms with Gasteiger partial charge in [0.1, 0.15) is 11.6 Å². The minimum atomic E-state index is -0.678. The number of rotatable bonds is 4. The van der Waals surface area contributed by atoms with Gasteiger partial charge < -0.3 is 5.32 Å². The summed E-state index contributed by atoms with van der Waals surface area (Å²) in [4.78, 5) is 12.1. The van der Waals surface area contributed by atoms with Crippen LogP contribution in [0.1, 0.15) is 15.9 Å². The third kappa shape index (κ3) is 3.86. The molecule has 3 aromatic rings. The Morgan fingerprint density at radius 2 is 1.79 bits per heavy atom. The Bertz CT molecular complexity index is 858. The highest BCUT2D eigenvalue weighted by atomic mass is 79.9. The number of amides is 1. The van der Waals surface area contributed by atoms with Crippen molar-refractivity contribution >= 4 is 21.8 Å². The van der Waals surface area contributed by atoms with Crippen LogP contribution in [-0.2, 0) is 6.54 Å². The normalized spacial score (nSPS) is 10.6. The Morgan fingerprint density at radius 1 is 1.12 bits per heavy atom. The Morgan fingerprint density at radius 3 is 2.46 bits per heavy atom. The monoisotopic (exact) mass is 391 g/mol. The summed E-state index contributed by atoms with van der Waals surface area (Å²) in [7, 11) is 0. The fourth-order valence-corrected chi connectivity index (χ4v) is 2.44. The number of carbonyl (C=O) groups excluding carboxylic acids is 1. The van der Waals surface area contributed by atoms with Crippen LogP contribution in [0.2, 0.25) is 0 Å². The molecule has 1 N–H and O–H groups in total. The van der Waals surface area contributed by atoms with Gasteiger partial charge in [0.2, 0.25) is 0 Å². The van der Waals surface area contributed by atoms with Gasteiger partial charge in [-0.1, -0.05) is 15.9 Å². The van der Waals surface area contributed by atoms with E-state index >= 15 is 0 Å². The first-order valence-corrected chi connectivity index (χ1v) is 7.84. The van der Waals surface area contributed by atoms with E-state index < -0.39 is 11.6 Å². The van der Waals surface area contributed by atoms with Crippen molar-refractivity contribution in [2.75, 3.05) is 0 Å². The summed E-state index contributed by atoms with van der Waals surface area (Å²) in [5.74, 6) is -1.73. The van der Waals surface area contributed by atoms with E-state index in [9.17, 15) is 13.6 Å². The molecule has 0 saturated heterocycles. The van der Waals surface area contributed by atoms with Gasteiger partial charge in [-0.2, -0.15) is 5.10 Å². The second-order valence-electron chi connectivity index (χ2n) is 5.11. The number of hydrogen-bond donors (Lipinski definition) is 1. The molecule has 122 valence electrons. The topological polar surface area (TPSA) is 46.9 Å². The van der Waals surface area contributed by atoms with E-state index in [-0.39, 0.29) is 12.5 Å². The summed E-state index contributed by atoms with van der Waals surface area (Å²) < 4.78 is 28.8. The lowest BCUT2D eigenvalue weighted by Crippen LogP contribution is -2.22. The minimum Gasteiger partial charge on any atom is -0.348 e. The number of aromatic nitrogens is 2. The van der Waals surface area contributed by atoms with E-state index in [1.807, 2.05) is 24.3 Å². The second-order valence-corrected chi connectivity index (χ2v) is 6.03. The van der Waals surface area contributed by atoms with E-state index in [0.29, 0.717) is 11.1 Å². The molecule has 4 nitrogen and oxygen atoms in total. The molecule has 0 bridgehead atoms. The van der Waals surface area contributed by atoms with Crippen molar-refractivity contribution in [2.45, 2.75) is 6.54 Å². The van der Waals surface area contributed by atoms with Gasteiger partial charge in [-0.3, -0.25) is 4.79 Å². The molecule has 0 atom stereocenters. The van der Waals surface area contributed by atoms with Crippen molar-refractivity contribution in [1.29, 1.82) is 0 Å². The first-order valence-electron chi connectivity index (χ1n) is 7.05. The maximum atomic E-state index is 13.1. The number of halogens is 3. The van der Waals surface area contributed by atoms with Crippen LogP contribution in [0.3, 0.4) is 0 Å². The van der Waals surface area contributed by atoms with Crippen LogP contribution in [0, 0.1) is 11.6 Å². The van der Waals surface area contributed by atoms with Gasteiger partial charge in [-0.25, -0.2) is 13.5 Å². The fourth-order valence-electron chi connectivity index (χ4n) is 2.17.